The van der Waals surface area contributed by atoms with Crippen molar-refractivity contribution in [3.63, 3.8) is 0 Å². The van der Waals surface area contributed by atoms with Gasteiger partial charge in [0.15, 0.2) is 5.69 Å². The number of anilines is 1. The highest BCUT2D eigenvalue weighted by Gasteiger charge is 2.46. The molecular weight excluding hydrogens is 487 g/mol. The normalized spacial score (nSPS) is 19.0. The van der Waals surface area contributed by atoms with E-state index in [1.54, 1.807) is 48.5 Å². The van der Waals surface area contributed by atoms with Crippen molar-refractivity contribution in [3.05, 3.63) is 76.6 Å². The second kappa shape index (κ2) is 9.24. The van der Waals surface area contributed by atoms with Gasteiger partial charge in [-0.15, -0.1) is 0 Å². The minimum Gasteiger partial charge on any atom is -0.497 e. The highest BCUT2D eigenvalue weighted by molar-refractivity contribution is 6.07. The van der Waals surface area contributed by atoms with Gasteiger partial charge in [-0.3, -0.25) is 14.7 Å². The number of hydrogen-bond donors (Lipinski definition) is 1. The van der Waals surface area contributed by atoms with Crippen LogP contribution >= 0.6 is 0 Å². The Morgan fingerprint density at radius 1 is 1.05 bits per heavy atom. The molecule has 5 rings (SSSR count). The molecule has 1 aliphatic carbocycles. The molecule has 0 saturated heterocycles. The Bertz CT molecular complexity index is 1310. The molecule has 1 saturated carbocycles. The van der Waals surface area contributed by atoms with Crippen LogP contribution < -0.4 is 9.64 Å². The first-order valence-electron chi connectivity index (χ1n) is 12.0. The van der Waals surface area contributed by atoms with Crippen molar-refractivity contribution in [3.8, 4) is 5.75 Å². The summed E-state index contributed by atoms with van der Waals surface area (Å²) in [6.07, 6.45) is -1.54. The number of rotatable bonds is 5. The summed E-state index contributed by atoms with van der Waals surface area (Å²) in [5, 5.41) is 5.83. The molecule has 0 radical (unpaired) electrons. The third kappa shape index (κ3) is 4.14. The number of halogens is 3. The number of ether oxygens (including phenoxy) is 2. The van der Waals surface area contributed by atoms with Crippen LogP contribution in [0, 0.1) is 0 Å². The predicted octanol–water partition coefficient (Wildman–Crippen LogP) is 5.21. The lowest BCUT2D eigenvalue weighted by Crippen LogP contribution is -2.41. The number of esters is 1. The minimum atomic E-state index is -4.72. The maximum absolute atomic E-state index is 13.8. The van der Waals surface area contributed by atoms with Crippen LogP contribution in [0.1, 0.15) is 64.5 Å². The first-order valence-corrected chi connectivity index (χ1v) is 12.0. The van der Waals surface area contributed by atoms with E-state index in [1.165, 1.54) is 19.1 Å². The summed E-state index contributed by atoms with van der Waals surface area (Å²) in [7, 11) is 2.88. The maximum Gasteiger partial charge on any atom is 0.435 e. The molecule has 37 heavy (non-hydrogen) atoms. The third-order valence-corrected chi connectivity index (χ3v) is 7.53. The van der Waals surface area contributed by atoms with E-state index in [-0.39, 0.29) is 23.8 Å². The lowest BCUT2D eigenvalue weighted by atomic mass is 9.79. The number of fused-ring (bicyclic) bond motifs is 1. The van der Waals surface area contributed by atoms with Crippen molar-refractivity contribution < 1.29 is 32.2 Å². The average Bonchev–Trinajstić information content (AvgIpc) is 3.58. The van der Waals surface area contributed by atoms with Crippen LogP contribution in [0.25, 0.3) is 0 Å². The first kappa shape index (κ1) is 24.9. The van der Waals surface area contributed by atoms with E-state index in [1.807, 2.05) is 0 Å². The smallest absolute Gasteiger partial charge is 0.435 e. The Labute approximate surface area is 211 Å². The number of methoxy groups -OCH3 is 2. The van der Waals surface area contributed by atoms with Crippen molar-refractivity contribution in [2.45, 2.75) is 43.2 Å². The number of carbonyl (C=O) groups excluding carboxylic acids is 2. The van der Waals surface area contributed by atoms with E-state index in [0.717, 1.165) is 18.4 Å². The van der Waals surface area contributed by atoms with Gasteiger partial charge in [0.25, 0.3) is 5.91 Å². The Hall–Kier alpha value is -3.82. The predicted molar refractivity (Wildman–Crippen MR) is 129 cm³/mol. The Kier molecular flexibility index (Phi) is 6.21. The number of alkyl halides is 3. The molecule has 194 valence electrons. The van der Waals surface area contributed by atoms with Crippen molar-refractivity contribution in [2.75, 3.05) is 25.7 Å². The number of benzene rings is 2. The van der Waals surface area contributed by atoms with Gasteiger partial charge in [-0.25, -0.2) is 0 Å². The number of hydrogen-bond acceptors (Lipinski definition) is 5. The molecule has 1 unspecified atom stereocenters. The summed E-state index contributed by atoms with van der Waals surface area (Å²) >= 11 is 0. The van der Waals surface area contributed by atoms with Crippen LogP contribution in [0.5, 0.6) is 5.75 Å². The van der Waals surface area contributed by atoms with Gasteiger partial charge in [-0.05, 0) is 48.2 Å². The van der Waals surface area contributed by atoms with Gasteiger partial charge in [0.1, 0.15) is 11.4 Å². The molecule has 1 atom stereocenters. The van der Waals surface area contributed by atoms with Crippen LogP contribution in [0.4, 0.5) is 18.9 Å². The van der Waals surface area contributed by atoms with Gasteiger partial charge in [0, 0.05) is 23.7 Å². The second-order valence-corrected chi connectivity index (χ2v) is 9.43. The highest BCUT2D eigenvalue weighted by Crippen LogP contribution is 2.44. The Morgan fingerprint density at radius 2 is 1.70 bits per heavy atom. The number of carbonyl (C=O) groups is 2. The van der Waals surface area contributed by atoms with E-state index >= 15 is 0 Å². The number of aromatic amines is 1. The molecule has 1 aromatic heterocycles. The summed E-state index contributed by atoms with van der Waals surface area (Å²) in [5.74, 6) is -1.09. The summed E-state index contributed by atoms with van der Waals surface area (Å²) in [5.41, 5.74) is -0.247. The quantitative estimate of drug-likeness (QED) is 0.474. The Morgan fingerprint density at radius 3 is 2.27 bits per heavy atom. The fourth-order valence-corrected chi connectivity index (χ4v) is 5.64. The lowest BCUT2D eigenvalue weighted by Gasteiger charge is -2.34. The fraction of sp³-hybridized carbons (Fsp3) is 0.370. The van der Waals surface area contributed by atoms with Gasteiger partial charge in [0.05, 0.1) is 19.6 Å². The number of H-pyrrole nitrogens is 1. The zero-order chi connectivity index (χ0) is 26.4. The molecular formula is C27H26F3N3O4. The molecule has 3 aromatic rings. The van der Waals surface area contributed by atoms with Crippen LogP contribution in [0.15, 0.2) is 48.5 Å². The van der Waals surface area contributed by atoms with E-state index in [4.69, 9.17) is 9.47 Å². The van der Waals surface area contributed by atoms with Gasteiger partial charge < -0.3 is 14.4 Å². The molecule has 1 N–H and O–H groups in total. The number of nitrogens with zero attached hydrogens (tertiary/aromatic N) is 2. The fourth-order valence-electron chi connectivity index (χ4n) is 5.64. The SMILES string of the molecule is COC(=O)C1(c2ccc(N3CC(c4ccc(OC)cc4)c4c(C(F)(F)F)n[nH]c4C3=O)cc2)CCCC1. The zero-order valence-electron chi connectivity index (χ0n) is 20.4. The van der Waals surface area contributed by atoms with Gasteiger partial charge >= 0.3 is 12.1 Å². The molecule has 2 heterocycles. The molecule has 7 nitrogen and oxygen atoms in total. The first-order chi connectivity index (χ1) is 17.7. The monoisotopic (exact) mass is 513 g/mol. The van der Waals surface area contributed by atoms with Crippen LogP contribution in [0.2, 0.25) is 0 Å². The van der Waals surface area contributed by atoms with Crippen LogP contribution in [0.3, 0.4) is 0 Å². The van der Waals surface area contributed by atoms with Crippen molar-refractivity contribution in [1.29, 1.82) is 0 Å². The van der Waals surface area contributed by atoms with Crippen molar-refractivity contribution in [1.82, 2.24) is 10.2 Å². The van der Waals surface area contributed by atoms with Crippen molar-refractivity contribution in [2.24, 2.45) is 0 Å². The standard InChI is InChI=1S/C27H26F3N3O4/c1-36-19-11-5-16(6-12-19)20-15-33(24(34)22-21(20)23(32-31-22)27(28,29)30)18-9-7-17(8-10-18)26(25(35)37-2)13-3-4-14-26/h5-12,20H,3-4,13-15H2,1-2H3,(H,31,32). The highest BCUT2D eigenvalue weighted by atomic mass is 19.4. The van der Waals surface area contributed by atoms with E-state index in [0.29, 0.717) is 29.8 Å². The summed E-state index contributed by atoms with van der Waals surface area (Å²) in [4.78, 5) is 27.5. The molecule has 0 spiro atoms. The average molecular weight is 514 g/mol. The van der Waals surface area contributed by atoms with Crippen LogP contribution in [-0.2, 0) is 21.1 Å². The third-order valence-electron chi connectivity index (χ3n) is 7.53. The van der Waals surface area contributed by atoms with E-state index < -0.39 is 29.1 Å². The molecule has 10 heteroatoms. The lowest BCUT2D eigenvalue weighted by molar-refractivity contribution is -0.147. The molecule has 0 bridgehead atoms. The number of aromatic nitrogens is 2. The molecule has 2 aliphatic rings. The topological polar surface area (TPSA) is 84.5 Å². The van der Waals surface area contributed by atoms with Gasteiger partial charge in [0.2, 0.25) is 0 Å². The van der Waals surface area contributed by atoms with Crippen molar-refractivity contribution >= 4 is 17.6 Å². The maximum atomic E-state index is 13.8. The van der Waals surface area contributed by atoms with E-state index in [2.05, 4.69) is 10.2 Å². The molecule has 1 fully saturated rings. The van der Waals surface area contributed by atoms with Gasteiger partial charge in [-0.1, -0.05) is 37.1 Å². The Balaban J connectivity index is 1.55. The molecule has 1 aliphatic heterocycles. The van der Waals surface area contributed by atoms with Gasteiger partial charge in [-0.2, -0.15) is 18.3 Å². The summed E-state index contributed by atoms with van der Waals surface area (Å²) in [6, 6.07) is 13.8. The minimum absolute atomic E-state index is 0.0116. The largest absolute Gasteiger partial charge is 0.497 e. The summed E-state index contributed by atoms with van der Waals surface area (Å²) in [6.45, 7) is -0.0116. The molecule has 1 amide bonds. The molecule has 2 aromatic carbocycles. The van der Waals surface area contributed by atoms with E-state index in [9.17, 15) is 22.8 Å². The number of nitrogens with one attached hydrogen (secondary N) is 1. The number of amides is 1. The summed E-state index contributed by atoms with van der Waals surface area (Å²) < 4.78 is 51.7. The second-order valence-electron chi connectivity index (χ2n) is 9.43. The van der Waals surface area contributed by atoms with Crippen LogP contribution in [-0.4, -0.2) is 42.8 Å². The zero-order valence-corrected chi connectivity index (χ0v) is 20.4.